The number of likely N-dealkylation sites (N-methyl/N-ethyl adjacent to an activating group) is 1. The van der Waals surface area contributed by atoms with E-state index in [1.807, 2.05) is 40.0 Å². The third kappa shape index (κ3) is 3.61. The van der Waals surface area contributed by atoms with Gasteiger partial charge in [0, 0.05) is 18.5 Å². The lowest BCUT2D eigenvalue weighted by molar-refractivity contribution is 0.0789. The summed E-state index contributed by atoms with van der Waals surface area (Å²) in [7, 11) is 1.82. The van der Waals surface area contributed by atoms with Crippen LogP contribution in [0.5, 0.6) is 0 Å². The molecule has 0 radical (unpaired) electrons. The van der Waals surface area contributed by atoms with Crippen LogP contribution in [0.25, 0.3) is 0 Å². The predicted octanol–water partition coefficient (Wildman–Crippen LogP) is 2.55. The van der Waals surface area contributed by atoms with E-state index in [-0.39, 0.29) is 12.0 Å². The van der Waals surface area contributed by atoms with Gasteiger partial charge in [-0.05, 0) is 19.1 Å². The molecule has 4 heteroatoms. The number of nitrogens with zero attached hydrogens (tertiary/aromatic N) is 1. The van der Waals surface area contributed by atoms with Gasteiger partial charge in [-0.2, -0.15) is 0 Å². The Morgan fingerprint density at radius 1 is 1.56 bits per heavy atom. The Bertz CT molecular complexity index is 345. The zero-order chi connectivity index (χ0) is 12.1. The minimum atomic E-state index is 0.0959. The first-order valence-corrected chi connectivity index (χ1v) is 6.42. The standard InChI is InChI=1S/C10H13NO2S.C2H6/c1-7-3-4-9(14-7)10(12)11(2)5-8-6-13-8;1-2/h3-4,8H,5-6H2,1-2H3;1-2H3. The molecule has 1 amide bonds. The number of thiophene rings is 1. The highest BCUT2D eigenvalue weighted by Gasteiger charge is 2.26. The fraction of sp³-hybridized carbons (Fsp3) is 0.583. The van der Waals surface area contributed by atoms with Crippen molar-refractivity contribution >= 4 is 17.2 Å². The molecule has 1 aliphatic heterocycles. The van der Waals surface area contributed by atoms with E-state index in [1.54, 1.807) is 4.90 Å². The van der Waals surface area contributed by atoms with Gasteiger partial charge in [0.2, 0.25) is 0 Å². The van der Waals surface area contributed by atoms with Crippen LogP contribution in [0.4, 0.5) is 0 Å². The fourth-order valence-corrected chi connectivity index (χ4v) is 2.16. The molecule has 1 unspecified atom stereocenters. The third-order valence-electron chi connectivity index (χ3n) is 2.18. The van der Waals surface area contributed by atoms with Crippen LogP contribution in [0.3, 0.4) is 0 Å². The fourth-order valence-electron chi connectivity index (χ4n) is 1.30. The van der Waals surface area contributed by atoms with Gasteiger partial charge in [-0.25, -0.2) is 0 Å². The summed E-state index contributed by atoms with van der Waals surface area (Å²) >= 11 is 1.54. The molecule has 1 saturated heterocycles. The van der Waals surface area contributed by atoms with E-state index in [2.05, 4.69) is 0 Å². The average Bonchev–Trinajstić information content (AvgIpc) is 3.00. The van der Waals surface area contributed by atoms with Crippen LogP contribution in [-0.4, -0.2) is 37.1 Å². The lowest BCUT2D eigenvalue weighted by atomic mass is 10.3. The molecule has 0 saturated carbocycles. The van der Waals surface area contributed by atoms with E-state index in [0.717, 1.165) is 11.5 Å². The summed E-state index contributed by atoms with van der Waals surface area (Å²) in [5, 5.41) is 0. The molecule has 1 atom stereocenters. The molecule has 16 heavy (non-hydrogen) atoms. The zero-order valence-corrected chi connectivity index (χ0v) is 11.1. The molecule has 2 heterocycles. The van der Waals surface area contributed by atoms with Crippen LogP contribution in [0.2, 0.25) is 0 Å². The summed E-state index contributed by atoms with van der Waals surface area (Å²) in [6, 6.07) is 3.85. The minimum Gasteiger partial charge on any atom is -0.371 e. The number of aryl methyl sites for hydroxylation is 1. The van der Waals surface area contributed by atoms with E-state index in [0.29, 0.717) is 6.54 Å². The predicted molar refractivity (Wildman–Crippen MR) is 67.1 cm³/mol. The van der Waals surface area contributed by atoms with E-state index >= 15 is 0 Å². The van der Waals surface area contributed by atoms with Crippen LogP contribution >= 0.6 is 11.3 Å². The number of ether oxygens (including phenoxy) is 1. The quantitative estimate of drug-likeness (QED) is 0.762. The summed E-state index contributed by atoms with van der Waals surface area (Å²) < 4.78 is 5.08. The molecule has 1 aliphatic rings. The maximum atomic E-state index is 11.8. The van der Waals surface area contributed by atoms with Crippen molar-refractivity contribution in [1.29, 1.82) is 0 Å². The molecule has 1 aromatic rings. The van der Waals surface area contributed by atoms with Gasteiger partial charge >= 0.3 is 0 Å². The first-order chi connectivity index (χ1) is 7.66. The van der Waals surface area contributed by atoms with Crippen molar-refractivity contribution in [2.45, 2.75) is 26.9 Å². The number of hydrogen-bond donors (Lipinski definition) is 0. The van der Waals surface area contributed by atoms with Gasteiger partial charge in [0.1, 0.15) is 0 Å². The van der Waals surface area contributed by atoms with Gasteiger partial charge in [0.25, 0.3) is 5.91 Å². The molecule has 0 spiro atoms. The van der Waals surface area contributed by atoms with Crippen molar-refractivity contribution in [2.75, 3.05) is 20.2 Å². The van der Waals surface area contributed by atoms with Crippen molar-refractivity contribution in [3.63, 3.8) is 0 Å². The second kappa shape index (κ2) is 6.01. The molecule has 0 aliphatic carbocycles. The van der Waals surface area contributed by atoms with Gasteiger partial charge in [-0.3, -0.25) is 4.79 Å². The molecule has 2 rings (SSSR count). The molecular formula is C12H19NO2S. The number of epoxide rings is 1. The monoisotopic (exact) mass is 241 g/mol. The van der Waals surface area contributed by atoms with Gasteiger partial charge in [0.05, 0.1) is 17.6 Å². The van der Waals surface area contributed by atoms with Crippen LogP contribution in [-0.2, 0) is 4.74 Å². The van der Waals surface area contributed by atoms with Crippen LogP contribution in [0.15, 0.2) is 12.1 Å². The summed E-state index contributed by atoms with van der Waals surface area (Å²) in [6.07, 6.45) is 0.269. The molecule has 0 aromatic carbocycles. The minimum absolute atomic E-state index is 0.0959. The number of carbonyl (C=O) groups excluding carboxylic acids is 1. The number of hydrogen-bond acceptors (Lipinski definition) is 3. The molecule has 90 valence electrons. The largest absolute Gasteiger partial charge is 0.371 e. The Balaban J connectivity index is 0.000000606. The van der Waals surface area contributed by atoms with E-state index in [1.165, 1.54) is 16.2 Å². The van der Waals surface area contributed by atoms with Crippen molar-refractivity contribution in [2.24, 2.45) is 0 Å². The second-order valence-corrected chi connectivity index (χ2v) is 4.84. The van der Waals surface area contributed by atoms with Crippen molar-refractivity contribution in [1.82, 2.24) is 4.90 Å². The highest BCUT2D eigenvalue weighted by atomic mass is 32.1. The van der Waals surface area contributed by atoms with E-state index in [4.69, 9.17) is 4.74 Å². The maximum absolute atomic E-state index is 11.8. The van der Waals surface area contributed by atoms with Gasteiger partial charge in [-0.1, -0.05) is 13.8 Å². The molecule has 3 nitrogen and oxygen atoms in total. The lowest BCUT2D eigenvalue weighted by Crippen LogP contribution is -2.29. The molecule has 0 bridgehead atoms. The summed E-state index contributed by atoms with van der Waals surface area (Å²) in [4.78, 5) is 15.5. The van der Waals surface area contributed by atoms with E-state index in [9.17, 15) is 4.79 Å². The Morgan fingerprint density at radius 3 is 2.62 bits per heavy atom. The van der Waals surface area contributed by atoms with Crippen LogP contribution in [0, 0.1) is 6.92 Å². The van der Waals surface area contributed by atoms with Gasteiger partial charge < -0.3 is 9.64 Å². The first-order valence-electron chi connectivity index (χ1n) is 5.60. The molecule has 1 fully saturated rings. The number of rotatable bonds is 3. The highest BCUT2D eigenvalue weighted by Crippen LogP contribution is 2.18. The Morgan fingerprint density at radius 2 is 2.19 bits per heavy atom. The van der Waals surface area contributed by atoms with Crippen molar-refractivity contribution in [3.8, 4) is 0 Å². The van der Waals surface area contributed by atoms with Crippen molar-refractivity contribution < 1.29 is 9.53 Å². The highest BCUT2D eigenvalue weighted by molar-refractivity contribution is 7.13. The summed E-state index contributed by atoms with van der Waals surface area (Å²) in [6.45, 7) is 7.50. The van der Waals surface area contributed by atoms with Crippen LogP contribution in [0.1, 0.15) is 28.4 Å². The number of carbonyl (C=O) groups is 1. The van der Waals surface area contributed by atoms with Crippen molar-refractivity contribution in [3.05, 3.63) is 21.9 Å². The zero-order valence-electron chi connectivity index (χ0n) is 10.3. The Labute approximate surface area is 101 Å². The number of amides is 1. The maximum Gasteiger partial charge on any atom is 0.263 e. The van der Waals surface area contributed by atoms with Gasteiger partial charge in [-0.15, -0.1) is 11.3 Å². The van der Waals surface area contributed by atoms with E-state index < -0.39 is 0 Å². The average molecular weight is 241 g/mol. The smallest absolute Gasteiger partial charge is 0.263 e. The molecule has 0 N–H and O–H groups in total. The Kier molecular flexibility index (Phi) is 4.96. The SMILES string of the molecule is CC.Cc1ccc(C(=O)N(C)CC2CO2)s1. The first kappa shape index (κ1) is 13.2. The molecule has 1 aromatic heterocycles. The summed E-state index contributed by atoms with van der Waals surface area (Å²) in [5.41, 5.74) is 0. The molecular weight excluding hydrogens is 222 g/mol. The Hall–Kier alpha value is -0.870. The topological polar surface area (TPSA) is 32.8 Å². The second-order valence-electron chi connectivity index (χ2n) is 3.55. The lowest BCUT2D eigenvalue weighted by Gasteiger charge is -2.14. The van der Waals surface area contributed by atoms with Gasteiger partial charge in [0.15, 0.2) is 0 Å². The normalized spacial score (nSPS) is 17.4. The van der Waals surface area contributed by atoms with Crippen LogP contribution < -0.4 is 0 Å². The third-order valence-corrected chi connectivity index (χ3v) is 3.17. The summed E-state index contributed by atoms with van der Waals surface area (Å²) in [5.74, 6) is 0.0959.